The van der Waals surface area contributed by atoms with Crippen LogP contribution in [0.1, 0.15) is 39.0 Å². The van der Waals surface area contributed by atoms with E-state index in [9.17, 15) is 19.1 Å². The lowest BCUT2D eigenvalue weighted by Gasteiger charge is -2.23. The average Bonchev–Trinajstić information content (AvgIpc) is 2.92. The van der Waals surface area contributed by atoms with E-state index < -0.39 is 29.5 Å². The first-order valence-electron chi connectivity index (χ1n) is 9.88. The number of amides is 1. The largest absolute Gasteiger partial charge is 0.375 e. The normalized spacial score (nSPS) is 17.7. The molecule has 0 radical (unpaired) electrons. The Bertz CT molecular complexity index is 1190. The fourth-order valence-corrected chi connectivity index (χ4v) is 4.32. The van der Waals surface area contributed by atoms with E-state index >= 15 is 0 Å². The lowest BCUT2D eigenvalue weighted by atomic mass is 9.88. The van der Waals surface area contributed by atoms with Crippen LogP contribution in [0, 0.1) is 19.7 Å². The molecule has 158 valence electrons. The Hall–Kier alpha value is -2.83. The molecule has 3 aromatic carbocycles. The number of aliphatic hydroxyl groups is 1. The van der Waals surface area contributed by atoms with E-state index in [-0.39, 0.29) is 12.1 Å². The minimum Gasteiger partial charge on any atom is -0.375 e. The molecule has 0 saturated carbocycles. The molecule has 0 aliphatic carbocycles. The molecule has 1 aliphatic heterocycles. The third-order valence-electron chi connectivity index (χ3n) is 5.71. The molecule has 1 atom stereocenters. The molecule has 0 aromatic heterocycles. The van der Waals surface area contributed by atoms with Gasteiger partial charge in [-0.2, -0.15) is 0 Å². The Morgan fingerprint density at radius 1 is 1.06 bits per heavy atom. The fraction of sp³-hybridized carbons (Fsp3) is 0.200. The van der Waals surface area contributed by atoms with E-state index in [2.05, 4.69) is 15.9 Å². The lowest BCUT2D eigenvalue weighted by Crippen LogP contribution is -2.41. The van der Waals surface area contributed by atoms with Gasteiger partial charge in [0.1, 0.15) is 5.82 Å². The smallest absolute Gasteiger partial charge is 0.264 e. The summed E-state index contributed by atoms with van der Waals surface area (Å²) in [6, 6.07) is 16.4. The van der Waals surface area contributed by atoms with Crippen LogP contribution in [0.4, 0.5) is 10.1 Å². The predicted octanol–water partition coefficient (Wildman–Crippen LogP) is 5.21. The topological polar surface area (TPSA) is 57.6 Å². The van der Waals surface area contributed by atoms with Crippen LogP contribution in [0.15, 0.2) is 65.1 Å². The van der Waals surface area contributed by atoms with Crippen molar-refractivity contribution in [2.24, 2.45) is 0 Å². The van der Waals surface area contributed by atoms with Gasteiger partial charge in [0.2, 0.25) is 0 Å². The number of Topliss-reactive ketones (excluding diaryl/α,β-unsaturated/α-hetero) is 1. The molecule has 4 nitrogen and oxygen atoms in total. The minimum atomic E-state index is -2.00. The quantitative estimate of drug-likeness (QED) is 0.508. The summed E-state index contributed by atoms with van der Waals surface area (Å²) in [5.74, 6) is -1.44. The summed E-state index contributed by atoms with van der Waals surface area (Å²) in [7, 11) is 0. The number of hydrogen-bond donors (Lipinski definition) is 1. The Balaban J connectivity index is 1.72. The highest BCUT2D eigenvalue weighted by Crippen LogP contribution is 2.45. The van der Waals surface area contributed by atoms with Gasteiger partial charge in [-0.05, 0) is 67.4 Å². The van der Waals surface area contributed by atoms with E-state index in [0.29, 0.717) is 15.7 Å². The highest BCUT2D eigenvalue weighted by molar-refractivity contribution is 9.10. The maximum atomic E-state index is 13.5. The van der Waals surface area contributed by atoms with Crippen molar-refractivity contribution < 1.29 is 19.1 Å². The summed E-state index contributed by atoms with van der Waals surface area (Å²) < 4.78 is 13.9. The molecule has 1 N–H and O–H groups in total. The monoisotopic (exact) mass is 481 g/mol. The van der Waals surface area contributed by atoms with Gasteiger partial charge in [0.05, 0.1) is 18.7 Å². The maximum absolute atomic E-state index is 13.5. The van der Waals surface area contributed by atoms with Gasteiger partial charge >= 0.3 is 0 Å². The van der Waals surface area contributed by atoms with Gasteiger partial charge in [-0.3, -0.25) is 9.59 Å². The Morgan fingerprint density at radius 2 is 1.77 bits per heavy atom. The van der Waals surface area contributed by atoms with E-state index in [1.807, 2.05) is 32.0 Å². The van der Waals surface area contributed by atoms with Crippen molar-refractivity contribution in [1.82, 2.24) is 0 Å². The minimum absolute atomic E-state index is 0.243. The molecule has 6 heteroatoms. The van der Waals surface area contributed by atoms with Crippen molar-refractivity contribution in [1.29, 1.82) is 0 Å². The van der Waals surface area contributed by atoms with Gasteiger partial charge in [0, 0.05) is 15.6 Å². The predicted molar refractivity (Wildman–Crippen MR) is 120 cm³/mol. The fourth-order valence-electron chi connectivity index (χ4n) is 3.96. The van der Waals surface area contributed by atoms with E-state index in [0.717, 1.165) is 16.7 Å². The molecule has 4 rings (SSSR count). The maximum Gasteiger partial charge on any atom is 0.264 e. The number of halogens is 2. The lowest BCUT2D eigenvalue weighted by molar-refractivity contribution is -0.136. The van der Waals surface area contributed by atoms with Crippen LogP contribution < -0.4 is 4.90 Å². The highest BCUT2D eigenvalue weighted by atomic mass is 79.9. The van der Waals surface area contributed by atoms with Crippen molar-refractivity contribution in [3.05, 3.63) is 98.8 Å². The first-order chi connectivity index (χ1) is 14.7. The molecule has 1 aliphatic rings. The first-order valence-corrected chi connectivity index (χ1v) is 10.7. The number of anilines is 1. The van der Waals surface area contributed by atoms with Crippen molar-refractivity contribution >= 4 is 33.3 Å². The third kappa shape index (κ3) is 3.93. The van der Waals surface area contributed by atoms with E-state index in [1.165, 1.54) is 29.2 Å². The number of aryl methyl sites for hydroxylation is 2. The number of carbonyl (C=O) groups is 2. The molecular formula is C25H21BrFNO3. The Morgan fingerprint density at radius 3 is 2.48 bits per heavy atom. The van der Waals surface area contributed by atoms with Crippen LogP contribution in [0.5, 0.6) is 0 Å². The molecule has 1 heterocycles. The van der Waals surface area contributed by atoms with Gasteiger partial charge in [0.25, 0.3) is 5.91 Å². The summed E-state index contributed by atoms with van der Waals surface area (Å²) in [4.78, 5) is 27.9. The van der Waals surface area contributed by atoms with Crippen LogP contribution in [-0.2, 0) is 16.9 Å². The summed E-state index contributed by atoms with van der Waals surface area (Å²) in [6.45, 7) is 4.24. The van der Waals surface area contributed by atoms with Crippen molar-refractivity contribution in [2.45, 2.75) is 32.4 Å². The number of ketones is 1. The van der Waals surface area contributed by atoms with Crippen LogP contribution in [0.2, 0.25) is 0 Å². The number of rotatable bonds is 5. The standard InChI is InChI=1S/C25H21BrFNO3/c1-15-3-4-16(2)18(11-15)14-28-22-10-7-19(26)12-21(22)25(31,24(28)30)13-23(29)17-5-8-20(27)9-6-17/h3-12,31H,13-14H2,1-2H3/t25-/m1/s1. The second kappa shape index (κ2) is 8.02. The van der Waals surface area contributed by atoms with Crippen LogP contribution in [0.25, 0.3) is 0 Å². The molecule has 31 heavy (non-hydrogen) atoms. The van der Waals surface area contributed by atoms with Crippen molar-refractivity contribution in [2.75, 3.05) is 4.90 Å². The highest BCUT2D eigenvalue weighted by Gasteiger charge is 2.51. The molecule has 3 aromatic rings. The summed E-state index contributed by atoms with van der Waals surface area (Å²) in [5.41, 5.74) is 2.28. The number of fused-ring (bicyclic) bond motifs is 1. The van der Waals surface area contributed by atoms with Gasteiger partial charge in [-0.25, -0.2) is 4.39 Å². The zero-order valence-corrected chi connectivity index (χ0v) is 18.7. The molecular weight excluding hydrogens is 461 g/mol. The van der Waals surface area contributed by atoms with Gasteiger partial charge in [0.15, 0.2) is 11.4 Å². The van der Waals surface area contributed by atoms with E-state index in [1.54, 1.807) is 18.2 Å². The SMILES string of the molecule is Cc1ccc(C)c(CN2C(=O)[C@@](O)(CC(=O)c3ccc(F)cc3)c3cc(Br)ccc32)c1. The Kier molecular flexibility index (Phi) is 5.54. The Labute approximate surface area is 188 Å². The van der Waals surface area contributed by atoms with Crippen molar-refractivity contribution in [3.8, 4) is 0 Å². The van der Waals surface area contributed by atoms with Crippen molar-refractivity contribution in [3.63, 3.8) is 0 Å². The number of carbonyl (C=O) groups excluding carboxylic acids is 2. The summed E-state index contributed by atoms with van der Waals surface area (Å²) in [6.07, 6.45) is -0.426. The number of nitrogens with zero attached hydrogens (tertiary/aromatic N) is 1. The van der Waals surface area contributed by atoms with Gasteiger partial charge in [-0.15, -0.1) is 0 Å². The van der Waals surface area contributed by atoms with Crippen LogP contribution in [0.3, 0.4) is 0 Å². The molecule has 0 bridgehead atoms. The second-order valence-corrected chi connectivity index (χ2v) is 8.87. The number of benzene rings is 3. The third-order valence-corrected chi connectivity index (χ3v) is 6.20. The second-order valence-electron chi connectivity index (χ2n) is 7.95. The first kappa shape index (κ1) is 21.4. The van der Waals surface area contributed by atoms with Gasteiger partial charge < -0.3 is 10.0 Å². The molecule has 0 saturated heterocycles. The molecule has 0 spiro atoms. The van der Waals surface area contributed by atoms with Gasteiger partial charge in [-0.1, -0.05) is 39.7 Å². The summed E-state index contributed by atoms with van der Waals surface area (Å²) >= 11 is 3.40. The zero-order valence-electron chi connectivity index (χ0n) is 17.2. The van der Waals surface area contributed by atoms with Crippen LogP contribution >= 0.6 is 15.9 Å². The summed E-state index contributed by atoms with van der Waals surface area (Å²) in [5, 5.41) is 11.5. The molecule has 0 fully saturated rings. The molecule has 1 amide bonds. The number of hydrogen-bond acceptors (Lipinski definition) is 3. The molecule has 0 unspecified atom stereocenters. The average molecular weight is 482 g/mol. The van der Waals surface area contributed by atoms with E-state index in [4.69, 9.17) is 0 Å². The van der Waals surface area contributed by atoms with Crippen LogP contribution in [-0.4, -0.2) is 16.8 Å². The zero-order chi connectivity index (χ0) is 22.3.